The van der Waals surface area contributed by atoms with Crippen LogP contribution >= 0.6 is 11.8 Å². The lowest BCUT2D eigenvalue weighted by Crippen LogP contribution is -2.34. The second-order valence-electron chi connectivity index (χ2n) is 5.39. The van der Waals surface area contributed by atoms with Gasteiger partial charge in [-0.3, -0.25) is 0 Å². The molecule has 0 saturated carbocycles. The Morgan fingerprint density at radius 1 is 1.40 bits per heavy atom. The van der Waals surface area contributed by atoms with E-state index in [1.54, 1.807) is 6.92 Å². The second kappa shape index (κ2) is 7.49. The highest BCUT2D eigenvalue weighted by atomic mass is 32.2. The number of terminal acetylenes is 1. The first-order valence-electron chi connectivity index (χ1n) is 7.90. The Balaban J connectivity index is 1.98. The molecule has 25 heavy (non-hydrogen) atoms. The van der Waals surface area contributed by atoms with Crippen LogP contribution in [-0.2, 0) is 9.53 Å². The largest absolute Gasteiger partial charge is 0.481 e. The lowest BCUT2D eigenvalue weighted by molar-refractivity contribution is -0.139. The fraction of sp³-hybridized carbons (Fsp3) is 0.263. The van der Waals surface area contributed by atoms with Crippen molar-refractivity contribution in [2.75, 3.05) is 13.2 Å². The third-order valence-corrected chi connectivity index (χ3v) is 4.60. The molecule has 3 rings (SSSR count). The maximum absolute atomic E-state index is 12.5. The Kier molecular flexibility index (Phi) is 5.15. The van der Waals surface area contributed by atoms with Crippen LogP contribution in [0.4, 0.5) is 0 Å². The Morgan fingerprint density at radius 3 is 2.84 bits per heavy atom. The van der Waals surface area contributed by atoms with Gasteiger partial charge in [0.05, 0.1) is 23.9 Å². The van der Waals surface area contributed by atoms with Gasteiger partial charge in [0, 0.05) is 6.20 Å². The predicted octanol–water partition coefficient (Wildman–Crippen LogP) is 3.47. The number of amidine groups is 1. The van der Waals surface area contributed by atoms with Crippen LogP contribution in [0.1, 0.15) is 25.5 Å². The quantitative estimate of drug-likeness (QED) is 0.599. The Labute approximate surface area is 151 Å². The van der Waals surface area contributed by atoms with Crippen LogP contribution in [-0.4, -0.2) is 29.3 Å². The number of allylic oxidation sites excluding steroid dienone is 1. The number of hydrogen-bond acceptors (Lipinski definition) is 6. The molecule has 0 radical (unpaired) electrons. The summed E-state index contributed by atoms with van der Waals surface area (Å²) in [7, 11) is 0. The van der Waals surface area contributed by atoms with Crippen molar-refractivity contribution in [1.82, 2.24) is 4.90 Å². The van der Waals surface area contributed by atoms with Crippen molar-refractivity contribution in [3.05, 3.63) is 52.7 Å². The Bertz CT molecular complexity index is 803. The number of carbonyl (C=O) groups is 1. The highest BCUT2D eigenvalue weighted by Crippen LogP contribution is 2.41. The minimum Gasteiger partial charge on any atom is -0.481 e. The van der Waals surface area contributed by atoms with Crippen LogP contribution in [0.5, 0.6) is 5.75 Å². The van der Waals surface area contributed by atoms with E-state index in [0.29, 0.717) is 23.6 Å². The SMILES string of the molecule is C#CCOc1ccc([C@@H]2C(C(=O)OCC)=C(C)N=C3SC=CN32)cc1. The van der Waals surface area contributed by atoms with E-state index < -0.39 is 0 Å². The molecule has 0 unspecified atom stereocenters. The van der Waals surface area contributed by atoms with Crippen LogP contribution in [0.2, 0.25) is 0 Å². The molecule has 0 amide bonds. The van der Waals surface area contributed by atoms with Crippen molar-refractivity contribution < 1.29 is 14.3 Å². The first-order chi connectivity index (χ1) is 12.2. The molecule has 1 aromatic rings. The molecule has 2 aliphatic heterocycles. The minimum atomic E-state index is -0.342. The number of esters is 1. The number of rotatable bonds is 5. The van der Waals surface area contributed by atoms with Crippen molar-refractivity contribution in [3.8, 4) is 18.1 Å². The topological polar surface area (TPSA) is 51.1 Å². The van der Waals surface area contributed by atoms with Crippen molar-refractivity contribution in [2.24, 2.45) is 4.99 Å². The number of nitrogens with zero attached hydrogens (tertiary/aromatic N) is 2. The van der Waals surface area contributed by atoms with Crippen molar-refractivity contribution in [2.45, 2.75) is 19.9 Å². The number of carbonyl (C=O) groups excluding carboxylic acids is 1. The minimum absolute atomic E-state index is 0.220. The molecule has 0 N–H and O–H groups in total. The standard InChI is InChI=1S/C19H18N2O3S/c1-4-11-24-15-8-6-14(7-9-15)17-16(18(22)23-5-2)13(3)20-19-21(17)10-12-25-19/h1,6-10,12,17H,5,11H2,2-3H3/t17-/m1/s1. The van der Waals surface area contributed by atoms with E-state index in [9.17, 15) is 4.79 Å². The van der Waals surface area contributed by atoms with Gasteiger partial charge in [0.15, 0.2) is 5.17 Å². The number of fused-ring (bicyclic) bond motifs is 1. The summed E-state index contributed by atoms with van der Waals surface area (Å²) < 4.78 is 10.7. The molecule has 0 aromatic heterocycles. The van der Waals surface area contributed by atoms with Gasteiger partial charge in [0.1, 0.15) is 12.4 Å². The lowest BCUT2D eigenvalue weighted by Gasteiger charge is -2.33. The van der Waals surface area contributed by atoms with Crippen molar-refractivity contribution >= 4 is 22.9 Å². The van der Waals surface area contributed by atoms with Gasteiger partial charge in [-0.05, 0) is 37.0 Å². The molecule has 2 heterocycles. The summed E-state index contributed by atoms with van der Waals surface area (Å²) in [6, 6.07) is 7.29. The summed E-state index contributed by atoms with van der Waals surface area (Å²) >= 11 is 1.53. The number of aliphatic imine (C=N–C) groups is 1. The highest BCUT2D eigenvalue weighted by molar-refractivity contribution is 8.16. The van der Waals surface area contributed by atoms with Gasteiger partial charge in [-0.15, -0.1) is 6.42 Å². The van der Waals surface area contributed by atoms with Crippen LogP contribution in [0.25, 0.3) is 0 Å². The molecule has 1 aromatic carbocycles. The maximum Gasteiger partial charge on any atom is 0.338 e. The summed E-state index contributed by atoms with van der Waals surface area (Å²) in [5.74, 6) is 2.79. The van der Waals surface area contributed by atoms with Gasteiger partial charge in [-0.1, -0.05) is 29.8 Å². The molecule has 0 aliphatic carbocycles. The number of hydrogen-bond donors (Lipinski definition) is 0. The molecule has 0 fully saturated rings. The van der Waals surface area contributed by atoms with E-state index >= 15 is 0 Å². The fourth-order valence-corrected chi connectivity index (χ4v) is 3.56. The molecule has 1 atom stereocenters. The van der Waals surface area contributed by atoms with E-state index in [0.717, 1.165) is 10.7 Å². The zero-order valence-electron chi connectivity index (χ0n) is 14.1. The van der Waals surface area contributed by atoms with Gasteiger partial charge in [0.25, 0.3) is 0 Å². The van der Waals surface area contributed by atoms with Gasteiger partial charge < -0.3 is 14.4 Å². The summed E-state index contributed by atoms with van der Waals surface area (Å²) in [5.41, 5.74) is 2.18. The van der Waals surface area contributed by atoms with Crippen LogP contribution in [0.15, 0.2) is 52.1 Å². The second-order valence-corrected chi connectivity index (χ2v) is 6.26. The molecular formula is C19H18N2O3S. The average molecular weight is 354 g/mol. The summed E-state index contributed by atoms with van der Waals surface area (Å²) in [5, 5.41) is 2.81. The number of benzene rings is 1. The predicted molar refractivity (Wildman–Crippen MR) is 98.8 cm³/mol. The van der Waals surface area contributed by atoms with Gasteiger partial charge >= 0.3 is 5.97 Å². The smallest absolute Gasteiger partial charge is 0.338 e. The van der Waals surface area contributed by atoms with Crippen LogP contribution in [0, 0.1) is 12.3 Å². The first kappa shape index (κ1) is 17.2. The molecule has 5 nitrogen and oxygen atoms in total. The third kappa shape index (κ3) is 3.42. The molecule has 128 valence electrons. The summed E-state index contributed by atoms with van der Waals surface area (Å²) in [6.07, 6.45) is 7.15. The maximum atomic E-state index is 12.5. The molecule has 0 bridgehead atoms. The van der Waals surface area contributed by atoms with Crippen molar-refractivity contribution in [1.29, 1.82) is 0 Å². The summed E-state index contributed by atoms with van der Waals surface area (Å²) in [6.45, 7) is 4.18. The van der Waals surface area contributed by atoms with E-state index in [4.69, 9.17) is 15.9 Å². The number of thioether (sulfide) groups is 1. The van der Waals surface area contributed by atoms with Gasteiger partial charge in [0.2, 0.25) is 0 Å². The molecule has 0 spiro atoms. The Hall–Kier alpha value is -2.65. The zero-order valence-corrected chi connectivity index (χ0v) is 14.9. The molecule has 2 aliphatic rings. The fourth-order valence-electron chi connectivity index (χ4n) is 2.77. The zero-order chi connectivity index (χ0) is 17.8. The third-order valence-electron chi connectivity index (χ3n) is 3.83. The Morgan fingerprint density at radius 2 is 2.16 bits per heavy atom. The first-order valence-corrected chi connectivity index (χ1v) is 8.78. The monoisotopic (exact) mass is 354 g/mol. The molecule has 0 saturated heterocycles. The average Bonchev–Trinajstić information content (AvgIpc) is 3.07. The highest BCUT2D eigenvalue weighted by Gasteiger charge is 2.37. The van der Waals surface area contributed by atoms with Crippen LogP contribution < -0.4 is 4.74 Å². The number of ether oxygens (including phenoxy) is 2. The molecular weight excluding hydrogens is 336 g/mol. The van der Waals surface area contributed by atoms with E-state index in [1.807, 2.05) is 47.7 Å². The van der Waals surface area contributed by atoms with Gasteiger partial charge in [-0.2, -0.15) is 0 Å². The van der Waals surface area contributed by atoms with Crippen LogP contribution in [0.3, 0.4) is 0 Å². The summed E-state index contributed by atoms with van der Waals surface area (Å²) in [4.78, 5) is 19.1. The van der Waals surface area contributed by atoms with Gasteiger partial charge in [-0.25, -0.2) is 9.79 Å². The van der Waals surface area contributed by atoms with E-state index in [-0.39, 0.29) is 18.6 Å². The normalized spacial score (nSPS) is 18.5. The van der Waals surface area contributed by atoms with Crippen molar-refractivity contribution in [3.63, 3.8) is 0 Å². The van der Waals surface area contributed by atoms with E-state index in [2.05, 4.69) is 10.9 Å². The molecule has 6 heteroatoms. The van der Waals surface area contributed by atoms with E-state index in [1.165, 1.54) is 11.8 Å². The lowest BCUT2D eigenvalue weighted by atomic mass is 9.95.